The van der Waals surface area contributed by atoms with Crippen molar-refractivity contribution in [2.45, 2.75) is 0 Å². The second-order valence-electron chi connectivity index (χ2n) is 2.12. The lowest BCUT2D eigenvalue weighted by Crippen LogP contribution is -2.31. The zero-order chi connectivity index (χ0) is 9.14. The number of hydrogen-bond acceptors (Lipinski definition) is 3. The molecule has 1 heterocycles. The molecule has 1 N–H and O–H groups in total. The number of hydrogen-bond donors (Lipinski definition) is 1. The molecule has 5 heteroatoms. The Morgan fingerprint density at radius 1 is 1.58 bits per heavy atom. The average molecular weight is 169 g/mol. The number of carboxylic acid groups (broad SMARTS) is 1. The number of furan rings is 1. The second kappa shape index (κ2) is 3.08. The standard InChI is InChI=1S/C7H7NO4/c1-8(7(10)11)6(9)5-3-2-4-12-5/h2-4H,1H3,(H,10,11). The van der Waals surface area contributed by atoms with Gasteiger partial charge in [-0.15, -0.1) is 0 Å². The van der Waals surface area contributed by atoms with Crippen LogP contribution in [0.4, 0.5) is 4.79 Å². The van der Waals surface area contributed by atoms with Crippen molar-refractivity contribution < 1.29 is 19.1 Å². The maximum Gasteiger partial charge on any atom is 0.414 e. The summed E-state index contributed by atoms with van der Waals surface area (Å²) < 4.78 is 4.71. The molecule has 64 valence electrons. The Morgan fingerprint density at radius 2 is 2.25 bits per heavy atom. The lowest BCUT2D eigenvalue weighted by molar-refractivity contribution is 0.0752. The summed E-state index contributed by atoms with van der Waals surface area (Å²) in [5.74, 6) is -0.660. The monoisotopic (exact) mass is 169 g/mol. The van der Waals surface area contributed by atoms with Crippen molar-refractivity contribution in [1.82, 2.24) is 4.90 Å². The molecule has 0 radical (unpaired) electrons. The number of carbonyl (C=O) groups is 2. The van der Waals surface area contributed by atoms with Crippen LogP contribution in [0.25, 0.3) is 0 Å². The molecule has 1 aromatic rings. The smallest absolute Gasteiger partial charge is 0.414 e. The van der Waals surface area contributed by atoms with E-state index in [1.807, 2.05) is 0 Å². The van der Waals surface area contributed by atoms with Crippen LogP contribution in [0.15, 0.2) is 22.8 Å². The van der Waals surface area contributed by atoms with Crippen molar-refractivity contribution in [2.24, 2.45) is 0 Å². The first kappa shape index (κ1) is 8.32. The molecule has 0 unspecified atom stereocenters. The van der Waals surface area contributed by atoms with Crippen LogP contribution in [-0.4, -0.2) is 29.1 Å². The molecule has 5 nitrogen and oxygen atoms in total. The van der Waals surface area contributed by atoms with Crippen molar-refractivity contribution in [3.63, 3.8) is 0 Å². The quantitative estimate of drug-likeness (QED) is 0.681. The highest BCUT2D eigenvalue weighted by atomic mass is 16.4. The Balaban J connectivity index is 2.79. The summed E-state index contributed by atoms with van der Waals surface area (Å²) in [4.78, 5) is 22.0. The highest BCUT2D eigenvalue weighted by Gasteiger charge is 2.19. The molecule has 2 amide bonds. The van der Waals surface area contributed by atoms with E-state index in [4.69, 9.17) is 9.52 Å². The van der Waals surface area contributed by atoms with Crippen LogP contribution in [0.1, 0.15) is 10.6 Å². The molecule has 1 rings (SSSR count). The molecular weight excluding hydrogens is 162 g/mol. The molecule has 0 spiro atoms. The SMILES string of the molecule is CN(C(=O)O)C(=O)c1ccco1. The zero-order valence-electron chi connectivity index (χ0n) is 6.35. The number of carbonyl (C=O) groups excluding carboxylic acids is 1. The van der Waals surface area contributed by atoms with Gasteiger partial charge in [-0.25, -0.2) is 9.69 Å². The predicted octanol–water partition coefficient (Wildman–Crippen LogP) is 1.03. The Hall–Kier alpha value is -1.78. The molecule has 0 aromatic carbocycles. The van der Waals surface area contributed by atoms with E-state index < -0.39 is 12.0 Å². The minimum atomic E-state index is -1.31. The lowest BCUT2D eigenvalue weighted by Gasteiger charge is -2.07. The molecule has 0 bridgehead atoms. The summed E-state index contributed by atoms with van der Waals surface area (Å²) in [6.45, 7) is 0. The molecule has 0 aliphatic heterocycles. The third-order valence-corrected chi connectivity index (χ3v) is 1.32. The van der Waals surface area contributed by atoms with Gasteiger partial charge >= 0.3 is 6.09 Å². The fourth-order valence-electron chi connectivity index (χ4n) is 0.652. The van der Waals surface area contributed by atoms with Crippen LogP contribution in [-0.2, 0) is 0 Å². The van der Waals surface area contributed by atoms with E-state index in [1.165, 1.54) is 18.4 Å². The molecule has 0 aliphatic carbocycles. The Morgan fingerprint density at radius 3 is 2.67 bits per heavy atom. The molecule has 0 saturated heterocycles. The van der Waals surface area contributed by atoms with Gasteiger partial charge in [0, 0.05) is 7.05 Å². The van der Waals surface area contributed by atoms with Crippen LogP contribution in [0, 0.1) is 0 Å². The minimum Gasteiger partial charge on any atom is -0.465 e. The Bertz CT molecular complexity index is 290. The van der Waals surface area contributed by atoms with Crippen LogP contribution >= 0.6 is 0 Å². The molecule has 0 saturated carbocycles. The fraction of sp³-hybridized carbons (Fsp3) is 0.143. The van der Waals surface area contributed by atoms with Gasteiger partial charge in [0.25, 0.3) is 5.91 Å². The first-order valence-corrected chi connectivity index (χ1v) is 3.17. The van der Waals surface area contributed by atoms with Crippen molar-refractivity contribution in [3.8, 4) is 0 Å². The Kier molecular flexibility index (Phi) is 2.14. The summed E-state index contributed by atoms with van der Waals surface area (Å²) in [6, 6.07) is 2.92. The van der Waals surface area contributed by atoms with E-state index in [-0.39, 0.29) is 5.76 Å². The molecule has 1 aromatic heterocycles. The van der Waals surface area contributed by atoms with E-state index in [9.17, 15) is 9.59 Å². The molecule has 0 fully saturated rings. The molecule has 12 heavy (non-hydrogen) atoms. The normalized spacial score (nSPS) is 9.42. The van der Waals surface area contributed by atoms with Gasteiger partial charge in [0.15, 0.2) is 5.76 Å². The molecule has 0 aliphatic rings. The lowest BCUT2D eigenvalue weighted by atomic mass is 10.4. The van der Waals surface area contributed by atoms with Gasteiger partial charge in [0.1, 0.15) is 0 Å². The fourth-order valence-corrected chi connectivity index (χ4v) is 0.652. The maximum absolute atomic E-state index is 11.1. The molecular formula is C7H7NO4. The van der Waals surface area contributed by atoms with Crippen LogP contribution in [0.3, 0.4) is 0 Å². The summed E-state index contributed by atoms with van der Waals surface area (Å²) in [5, 5.41) is 8.41. The first-order valence-electron chi connectivity index (χ1n) is 3.17. The largest absolute Gasteiger partial charge is 0.465 e. The van der Waals surface area contributed by atoms with Crippen molar-refractivity contribution in [2.75, 3.05) is 7.05 Å². The van der Waals surface area contributed by atoms with Crippen LogP contribution in [0.2, 0.25) is 0 Å². The average Bonchev–Trinajstić information content (AvgIpc) is 2.53. The summed E-state index contributed by atoms with van der Waals surface area (Å²) in [7, 11) is 1.16. The molecule has 0 atom stereocenters. The van der Waals surface area contributed by atoms with Gasteiger partial charge in [0.05, 0.1) is 6.26 Å². The van der Waals surface area contributed by atoms with Gasteiger partial charge in [-0.05, 0) is 12.1 Å². The van der Waals surface area contributed by atoms with E-state index in [1.54, 1.807) is 0 Å². The Labute approximate surface area is 68.2 Å². The minimum absolute atomic E-state index is 0.0138. The third-order valence-electron chi connectivity index (χ3n) is 1.32. The van der Waals surface area contributed by atoms with Crippen LogP contribution < -0.4 is 0 Å². The van der Waals surface area contributed by atoms with Crippen molar-refractivity contribution in [3.05, 3.63) is 24.2 Å². The third kappa shape index (κ3) is 1.45. The van der Waals surface area contributed by atoms with Crippen molar-refractivity contribution >= 4 is 12.0 Å². The van der Waals surface area contributed by atoms with E-state index >= 15 is 0 Å². The highest BCUT2D eigenvalue weighted by molar-refractivity contribution is 6.00. The predicted molar refractivity (Wildman–Crippen MR) is 38.8 cm³/mol. The summed E-state index contributed by atoms with van der Waals surface area (Å²) in [5.41, 5.74) is 0. The van der Waals surface area contributed by atoms with Gasteiger partial charge < -0.3 is 9.52 Å². The van der Waals surface area contributed by atoms with Gasteiger partial charge in [-0.3, -0.25) is 4.79 Å². The van der Waals surface area contributed by atoms with Gasteiger partial charge in [-0.1, -0.05) is 0 Å². The number of imide groups is 1. The highest BCUT2D eigenvalue weighted by Crippen LogP contribution is 2.03. The van der Waals surface area contributed by atoms with E-state index in [0.29, 0.717) is 4.90 Å². The van der Waals surface area contributed by atoms with Crippen LogP contribution in [0.5, 0.6) is 0 Å². The van der Waals surface area contributed by atoms with Gasteiger partial charge in [0.2, 0.25) is 0 Å². The van der Waals surface area contributed by atoms with Crippen molar-refractivity contribution in [1.29, 1.82) is 0 Å². The number of nitrogens with zero attached hydrogens (tertiary/aromatic N) is 1. The summed E-state index contributed by atoms with van der Waals surface area (Å²) >= 11 is 0. The van der Waals surface area contributed by atoms with E-state index in [0.717, 1.165) is 7.05 Å². The second-order valence-corrected chi connectivity index (χ2v) is 2.12. The van der Waals surface area contributed by atoms with Gasteiger partial charge in [-0.2, -0.15) is 0 Å². The maximum atomic E-state index is 11.1. The number of amides is 2. The summed E-state index contributed by atoms with van der Waals surface area (Å²) in [6.07, 6.45) is -0.000433. The zero-order valence-corrected chi connectivity index (χ0v) is 6.35. The number of rotatable bonds is 1. The topological polar surface area (TPSA) is 70.8 Å². The first-order chi connectivity index (χ1) is 5.63. The van der Waals surface area contributed by atoms with E-state index in [2.05, 4.69) is 0 Å².